The molecule has 0 saturated carbocycles. The van der Waals surface area contributed by atoms with Crippen LogP contribution >= 0.6 is 0 Å². The Morgan fingerprint density at radius 3 is 0.529 bits per heavy atom. The van der Waals surface area contributed by atoms with Crippen LogP contribution in [0.15, 0.2) is 146 Å². The smallest absolute Gasteiger partial charge is 0.269 e. The molecule has 0 aliphatic rings. The van der Waals surface area contributed by atoms with E-state index in [0.29, 0.717) is 50.1 Å². The highest BCUT2D eigenvalue weighted by molar-refractivity contribution is 5.79. The second-order valence-electron chi connectivity index (χ2n) is 26.1. The van der Waals surface area contributed by atoms with Crippen molar-refractivity contribution in [2.24, 2.45) is 0 Å². The average Bonchev–Trinajstić information content (AvgIpc) is 0.761. The van der Waals surface area contributed by atoms with Crippen molar-refractivity contribution in [3.05, 3.63) is 243 Å². The number of benzene rings is 7. The molecule has 0 aliphatic heterocycles. The van der Waals surface area contributed by atoms with Crippen LogP contribution in [0.1, 0.15) is 262 Å². The Labute approximate surface area is 609 Å². The molecular weight excluding hydrogens is 1260 g/mol. The van der Waals surface area contributed by atoms with E-state index in [9.17, 15) is 30.3 Å². The molecule has 7 aromatic carbocycles. The van der Waals surface area contributed by atoms with Gasteiger partial charge in [-0.2, -0.15) is 0 Å². The maximum Gasteiger partial charge on any atom is 0.269 e. The van der Waals surface area contributed by atoms with Crippen LogP contribution in [0.25, 0.3) is 0 Å². The highest BCUT2D eigenvalue weighted by atomic mass is 16.6. The van der Waals surface area contributed by atoms with Crippen molar-refractivity contribution in [1.29, 1.82) is 0 Å². The number of rotatable bonds is 36. The third-order valence-electron chi connectivity index (χ3n) is 18.1. The Kier molecular flexibility index (Phi) is 34.5. The second kappa shape index (κ2) is 44.6. The van der Waals surface area contributed by atoms with Gasteiger partial charge in [0.2, 0.25) is 0 Å². The van der Waals surface area contributed by atoms with Crippen LogP contribution in [0.4, 0.5) is 34.1 Å². The van der Waals surface area contributed by atoms with E-state index in [4.69, 9.17) is 0 Å². The minimum absolute atomic E-state index is 0.0877. The molecule has 0 unspecified atom stereocenters. The minimum atomic E-state index is -0.450. The lowest BCUT2D eigenvalue weighted by atomic mass is 9.86. The molecular formula is C90H102N6O6. The molecule has 0 amide bonds. The molecule has 0 fully saturated rings. The van der Waals surface area contributed by atoms with E-state index in [0.717, 1.165) is 150 Å². The molecule has 0 N–H and O–H groups in total. The number of unbranched alkanes of at least 4 members (excludes halogenated alkanes) is 18. The van der Waals surface area contributed by atoms with Gasteiger partial charge in [0.05, 0.1) is 48.2 Å². The van der Waals surface area contributed by atoms with Crippen molar-refractivity contribution in [1.82, 2.24) is 0 Å². The van der Waals surface area contributed by atoms with E-state index >= 15 is 0 Å². The van der Waals surface area contributed by atoms with E-state index in [1.54, 1.807) is 36.4 Å². The number of nitro groups is 3. The van der Waals surface area contributed by atoms with Crippen molar-refractivity contribution in [3.8, 4) is 71.0 Å². The fourth-order valence-corrected chi connectivity index (χ4v) is 12.1. The van der Waals surface area contributed by atoms with E-state index < -0.39 is 14.8 Å². The maximum absolute atomic E-state index is 12.0. The summed E-state index contributed by atoms with van der Waals surface area (Å²) < 4.78 is 0. The minimum Gasteiger partial charge on any atom is -0.372 e. The molecule has 7 rings (SSSR count). The third-order valence-corrected chi connectivity index (χ3v) is 18.1. The van der Waals surface area contributed by atoms with Gasteiger partial charge in [-0.15, -0.1) is 0 Å². The average molecular weight is 1360 g/mol. The molecule has 7 aromatic rings. The number of anilines is 3. The first-order chi connectivity index (χ1) is 49.9. The SMILES string of the molecule is CCCCCCN(CCCCCC)c1ccc(C#Cc2c(C#Cc3ccc([N+](=O)[O-])cc3)c(C#Cc3ccc(N(CCCCCC)CCCCCC)cc3)c(C#Cc3ccc([N+](=O)[O-])cc3)c(C#Cc3ccc(N(CCCCCC)CCCCCC)cc3)c2C#Cc2ccc([N+](=O)[O-])cc2)cc1. The van der Waals surface area contributed by atoms with Gasteiger partial charge in [-0.1, -0.05) is 228 Å². The van der Waals surface area contributed by atoms with Crippen molar-refractivity contribution >= 4 is 34.1 Å². The van der Waals surface area contributed by atoms with Gasteiger partial charge in [-0.05, 0) is 148 Å². The highest BCUT2D eigenvalue weighted by Crippen LogP contribution is 2.30. The first kappa shape index (κ1) is 78.8. The van der Waals surface area contributed by atoms with Gasteiger partial charge in [0, 0.05) is 126 Å². The number of non-ortho nitro benzene ring substituents is 3. The van der Waals surface area contributed by atoms with Crippen LogP contribution in [0, 0.1) is 101 Å². The molecule has 0 atom stereocenters. The molecule has 102 heavy (non-hydrogen) atoms. The largest absolute Gasteiger partial charge is 0.372 e. The van der Waals surface area contributed by atoms with E-state index in [1.165, 1.54) is 113 Å². The van der Waals surface area contributed by atoms with Crippen LogP contribution in [0.5, 0.6) is 0 Å². The highest BCUT2D eigenvalue weighted by Gasteiger charge is 2.22. The molecule has 0 heterocycles. The van der Waals surface area contributed by atoms with Crippen LogP contribution in [-0.4, -0.2) is 54.0 Å². The summed E-state index contributed by atoms with van der Waals surface area (Å²) in [5.41, 5.74) is 9.04. The zero-order chi connectivity index (χ0) is 72.5. The summed E-state index contributed by atoms with van der Waals surface area (Å²) in [4.78, 5) is 42.0. The molecule has 528 valence electrons. The molecule has 0 aliphatic carbocycles. The van der Waals surface area contributed by atoms with Crippen LogP contribution in [0.2, 0.25) is 0 Å². The molecule has 0 bridgehead atoms. The number of nitro benzene ring substituents is 3. The van der Waals surface area contributed by atoms with Gasteiger partial charge in [0.25, 0.3) is 17.1 Å². The van der Waals surface area contributed by atoms with Crippen LogP contribution in [-0.2, 0) is 0 Å². The van der Waals surface area contributed by atoms with Crippen molar-refractivity contribution in [2.75, 3.05) is 54.0 Å². The summed E-state index contributed by atoms with van der Waals surface area (Å²) in [6.45, 7) is 19.2. The Morgan fingerprint density at radius 1 is 0.225 bits per heavy atom. The van der Waals surface area contributed by atoms with Crippen molar-refractivity contribution in [3.63, 3.8) is 0 Å². The van der Waals surface area contributed by atoms with Gasteiger partial charge in [-0.25, -0.2) is 0 Å². The van der Waals surface area contributed by atoms with Crippen LogP contribution in [0.3, 0.4) is 0 Å². The first-order valence-electron chi connectivity index (χ1n) is 37.5. The maximum atomic E-state index is 12.0. The Bertz CT molecular complexity index is 3710. The summed E-state index contributed by atoms with van der Waals surface area (Å²) in [5, 5.41) is 35.9. The van der Waals surface area contributed by atoms with Gasteiger partial charge in [-0.3, -0.25) is 30.3 Å². The van der Waals surface area contributed by atoms with Gasteiger partial charge in [0.1, 0.15) is 0 Å². The number of hydrogen-bond acceptors (Lipinski definition) is 9. The van der Waals surface area contributed by atoms with Crippen molar-refractivity contribution in [2.45, 2.75) is 196 Å². The molecule has 12 heteroatoms. The first-order valence-corrected chi connectivity index (χ1v) is 37.5. The second-order valence-corrected chi connectivity index (χ2v) is 26.1. The lowest BCUT2D eigenvalue weighted by Gasteiger charge is -2.25. The van der Waals surface area contributed by atoms with Gasteiger partial charge < -0.3 is 14.7 Å². The lowest BCUT2D eigenvalue weighted by molar-refractivity contribution is -0.385. The summed E-state index contributed by atoms with van der Waals surface area (Å²) >= 11 is 0. The van der Waals surface area contributed by atoms with E-state index in [-0.39, 0.29) is 17.1 Å². The summed E-state index contributed by atoms with van der Waals surface area (Å²) in [5.74, 6) is 41.8. The summed E-state index contributed by atoms with van der Waals surface area (Å²) in [7, 11) is 0. The molecule has 0 aromatic heterocycles. The van der Waals surface area contributed by atoms with E-state index in [1.807, 2.05) is 36.4 Å². The topological polar surface area (TPSA) is 139 Å². The molecule has 0 saturated heterocycles. The monoisotopic (exact) mass is 1360 g/mol. The Morgan fingerprint density at radius 2 is 0.382 bits per heavy atom. The summed E-state index contributed by atoms with van der Waals surface area (Å²) in [6, 6.07) is 43.3. The van der Waals surface area contributed by atoms with Gasteiger partial charge >= 0.3 is 0 Å². The molecule has 0 spiro atoms. The van der Waals surface area contributed by atoms with Crippen LogP contribution < -0.4 is 14.7 Å². The fourth-order valence-electron chi connectivity index (χ4n) is 12.1. The van der Waals surface area contributed by atoms with E-state index in [2.05, 4.69) is 164 Å². The van der Waals surface area contributed by atoms with Crippen molar-refractivity contribution < 1.29 is 14.8 Å². The standard InChI is InChI=1S/C90H102N6O6/c1-7-13-19-25-67-91(68-26-20-14-8-2)79-49-31-73(32-50-79)43-61-85-88(64-46-76-37-55-82(56-38-76)94(97)98)86(62-44-74-33-51-80(52-34-74)92(69-27-21-15-9-3)70-28-22-16-10-4)90(66-48-78-41-59-84(60-42-78)96(101)102)87(89(85)65-47-77-39-57-83(58-40-77)95(99)100)63-45-75-35-53-81(54-36-75)93(71-29-23-17-11-5)72-30-24-18-12-6/h31-42,49-60H,7-30,67-72H2,1-6H3. The summed E-state index contributed by atoms with van der Waals surface area (Å²) in [6.07, 6.45) is 27.8. The van der Waals surface area contributed by atoms with Gasteiger partial charge in [0.15, 0.2) is 0 Å². The Balaban J connectivity index is 1.58. The zero-order valence-corrected chi connectivity index (χ0v) is 61.2. The predicted molar refractivity (Wildman–Crippen MR) is 422 cm³/mol. The Hall–Kier alpha value is -10.5. The normalized spacial score (nSPS) is 10.4. The number of hydrogen-bond donors (Lipinski definition) is 0. The number of nitrogens with zero attached hydrogens (tertiary/aromatic N) is 6. The predicted octanol–water partition coefficient (Wildman–Crippen LogP) is 21.7. The molecule has 12 nitrogen and oxygen atoms in total. The lowest BCUT2D eigenvalue weighted by Crippen LogP contribution is -2.25. The zero-order valence-electron chi connectivity index (χ0n) is 61.2. The quantitative estimate of drug-likeness (QED) is 0.0163. The molecule has 0 radical (unpaired) electrons. The fraction of sp³-hybridized carbons (Fsp3) is 0.400. The third kappa shape index (κ3) is 26.2.